The fourth-order valence-corrected chi connectivity index (χ4v) is 0.817. The Bertz CT molecular complexity index is 257. The van der Waals surface area contributed by atoms with E-state index in [4.69, 9.17) is 9.94 Å². The number of hydrogen-bond acceptors (Lipinski definition) is 3. The molecule has 0 heterocycles. The van der Waals surface area contributed by atoms with E-state index < -0.39 is 6.10 Å². The Labute approximate surface area is 77.6 Å². The van der Waals surface area contributed by atoms with Crippen molar-refractivity contribution in [1.29, 1.82) is 0 Å². The highest BCUT2D eigenvalue weighted by molar-refractivity contribution is 5.61. The van der Waals surface area contributed by atoms with Gasteiger partial charge in [0.2, 0.25) is 0 Å². The van der Waals surface area contributed by atoms with E-state index in [1.807, 2.05) is 30.3 Å². The van der Waals surface area contributed by atoms with Gasteiger partial charge in [-0.1, -0.05) is 35.5 Å². The SMILES string of the molecule is CC(O)C=NOCc1ccccc1. The first-order valence-corrected chi connectivity index (χ1v) is 4.16. The number of benzene rings is 1. The van der Waals surface area contributed by atoms with Gasteiger partial charge in [0.1, 0.15) is 6.61 Å². The van der Waals surface area contributed by atoms with Crippen LogP contribution in [-0.4, -0.2) is 17.4 Å². The van der Waals surface area contributed by atoms with Crippen LogP contribution in [0.15, 0.2) is 35.5 Å². The minimum absolute atomic E-state index is 0.435. The molecule has 0 amide bonds. The minimum atomic E-state index is -0.559. The predicted molar refractivity (Wildman–Crippen MR) is 51.4 cm³/mol. The Kier molecular flexibility index (Phi) is 3.99. The van der Waals surface area contributed by atoms with Crippen LogP contribution in [0.5, 0.6) is 0 Å². The van der Waals surface area contributed by atoms with Crippen molar-refractivity contribution in [2.75, 3.05) is 0 Å². The van der Waals surface area contributed by atoms with Crippen molar-refractivity contribution in [2.45, 2.75) is 19.6 Å². The second-order valence-electron chi connectivity index (χ2n) is 2.75. The van der Waals surface area contributed by atoms with Gasteiger partial charge < -0.3 is 9.94 Å². The molecular formula is C10H13NO2. The number of oxime groups is 1. The summed E-state index contributed by atoms with van der Waals surface area (Å²) in [6, 6.07) is 9.74. The molecule has 0 aromatic heterocycles. The van der Waals surface area contributed by atoms with Crippen LogP contribution in [0.1, 0.15) is 12.5 Å². The highest BCUT2D eigenvalue weighted by atomic mass is 16.6. The van der Waals surface area contributed by atoms with Crippen LogP contribution < -0.4 is 0 Å². The van der Waals surface area contributed by atoms with Crippen LogP contribution in [0, 0.1) is 0 Å². The molecule has 0 aliphatic heterocycles. The fraction of sp³-hybridized carbons (Fsp3) is 0.300. The van der Waals surface area contributed by atoms with Gasteiger partial charge in [-0.2, -0.15) is 0 Å². The lowest BCUT2D eigenvalue weighted by Crippen LogP contribution is -2.00. The molecule has 0 bridgehead atoms. The van der Waals surface area contributed by atoms with Gasteiger partial charge in [0, 0.05) is 0 Å². The summed E-state index contributed by atoms with van der Waals surface area (Å²) in [5.74, 6) is 0. The average Bonchev–Trinajstić information content (AvgIpc) is 2.14. The highest BCUT2D eigenvalue weighted by Gasteiger charge is 1.90. The third-order valence-corrected chi connectivity index (χ3v) is 1.43. The summed E-state index contributed by atoms with van der Waals surface area (Å²) < 4.78 is 0. The second-order valence-corrected chi connectivity index (χ2v) is 2.75. The van der Waals surface area contributed by atoms with Crippen molar-refractivity contribution >= 4 is 6.21 Å². The van der Waals surface area contributed by atoms with E-state index in [9.17, 15) is 0 Å². The topological polar surface area (TPSA) is 41.8 Å². The first-order chi connectivity index (χ1) is 6.29. The number of aliphatic hydroxyl groups is 1. The van der Waals surface area contributed by atoms with Gasteiger partial charge >= 0.3 is 0 Å². The zero-order valence-corrected chi connectivity index (χ0v) is 7.55. The molecule has 0 aliphatic rings. The molecule has 0 aliphatic carbocycles. The lowest BCUT2D eigenvalue weighted by Gasteiger charge is -1.98. The number of nitrogens with zero attached hydrogens (tertiary/aromatic N) is 1. The highest BCUT2D eigenvalue weighted by Crippen LogP contribution is 1.99. The van der Waals surface area contributed by atoms with Crippen LogP contribution >= 0.6 is 0 Å². The molecule has 0 saturated heterocycles. The maximum absolute atomic E-state index is 8.82. The Hall–Kier alpha value is -1.35. The summed E-state index contributed by atoms with van der Waals surface area (Å²) in [5.41, 5.74) is 1.06. The van der Waals surface area contributed by atoms with Gasteiger partial charge in [-0.15, -0.1) is 0 Å². The van der Waals surface area contributed by atoms with Gasteiger partial charge in [-0.3, -0.25) is 0 Å². The first kappa shape index (κ1) is 9.74. The molecule has 0 spiro atoms. The molecule has 13 heavy (non-hydrogen) atoms. The van der Waals surface area contributed by atoms with Crippen molar-refractivity contribution in [3.05, 3.63) is 35.9 Å². The summed E-state index contributed by atoms with van der Waals surface area (Å²) in [6.45, 7) is 2.05. The van der Waals surface area contributed by atoms with E-state index in [0.717, 1.165) is 5.56 Å². The van der Waals surface area contributed by atoms with Crippen LogP contribution in [-0.2, 0) is 11.4 Å². The monoisotopic (exact) mass is 179 g/mol. The van der Waals surface area contributed by atoms with E-state index in [1.165, 1.54) is 6.21 Å². The predicted octanol–water partition coefficient (Wildman–Crippen LogP) is 1.57. The lowest BCUT2D eigenvalue weighted by molar-refractivity contribution is 0.128. The van der Waals surface area contributed by atoms with Crippen LogP contribution in [0.25, 0.3) is 0 Å². The van der Waals surface area contributed by atoms with Gasteiger partial charge in [-0.05, 0) is 12.5 Å². The quantitative estimate of drug-likeness (QED) is 0.563. The van der Waals surface area contributed by atoms with Crippen LogP contribution in [0.3, 0.4) is 0 Å². The van der Waals surface area contributed by atoms with E-state index in [0.29, 0.717) is 6.61 Å². The van der Waals surface area contributed by atoms with Gasteiger partial charge in [-0.25, -0.2) is 0 Å². The fourth-order valence-electron chi connectivity index (χ4n) is 0.817. The second kappa shape index (κ2) is 5.32. The van der Waals surface area contributed by atoms with Crippen molar-refractivity contribution in [3.8, 4) is 0 Å². The third-order valence-electron chi connectivity index (χ3n) is 1.43. The molecule has 1 unspecified atom stereocenters. The normalized spacial score (nSPS) is 13.1. The van der Waals surface area contributed by atoms with Crippen molar-refractivity contribution in [2.24, 2.45) is 5.16 Å². The van der Waals surface area contributed by atoms with Crippen molar-refractivity contribution < 1.29 is 9.94 Å². The van der Waals surface area contributed by atoms with E-state index >= 15 is 0 Å². The van der Waals surface area contributed by atoms with E-state index in [-0.39, 0.29) is 0 Å². The molecule has 0 radical (unpaired) electrons. The largest absolute Gasteiger partial charge is 0.391 e. The average molecular weight is 179 g/mol. The standard InChI is InChI=1S/C10H13NO2/c1-9(12)7-11-13-8-10-5-3-2-4-6-10/h2-7,9,12H,8H2,1H3. The Balaban J connectivity index is 2.28. The number of rotatable bonds is 4. The van der Waals surface area contributed by atoms with Crippen molar-refractivity contribution in [1.82, 2.24) is 0 Å². The van der Waals surface area contributed by atoms with Crippen molar-refractivity contribution in [3.63, 3.8) is 0 Å². The maximum atomic E-state index is 8.82. The summed E-state index contributed by atoms with van der Waals surface area (Å²) >= 11 is 0. The maximum Gasteiger partial charge on any atom is 0.142 e. The third kappa shape index (κ3) is 4.28. The van der Waals surface area contributed by atoms with Crippen LogP contribution in [0.4, 0.5) is 0 Å². The molecule has 1 atom stereocenters. The Morgan fingerprint density at radius 1 is 1.46 bits per heavy atom. The molecule has 1 N–H and O–H groups in total. The molecule has 0 saturated carbocycles. The van der Waals surface area contributed by atoms with E-state index in [2.05, 4.69) is 5.16 Å². The molecule has 1 aromatic rings. The minimum Gasteiger partial charge on any atom is -0.391 e. The molecule has 3 nitrogen and oxygen atoms in total. The van der Waals surface area contributed by atoms with Crippen LogP contribution in [0.2, 0.25) is 0 Å². The Morgan fingerprint density at radius 2 is 2.15 bits per heavy atom. The van der Waals surface area contributed by atoms with Gasteiger partial charge in [0.05, 0.1) is 12.3 Å². The summed E-state index contributed by atoms with van der Waals surface area (Å²) in [7, 11) is 0. The molecule has 70 valence electrons. The molecule has 0 fully saturated rings. The molecule has 1 aromatic carbocycles. The Morgan fingerprint density at radius 3 is 2.77 bits per heavy atom. The summed E-state index contributed by atoms with van der Waals surface area (Å²) in [6.07, 6.45) is 0.791. The smallest absolute Gasteiger partial charge is 0.142 e. The lowest BCUT2D eigenvalue weighted by atomic mass is 10.2. The van der Waals surface area contributed by atoms with Gasteiger partial charge in [0.25, 0.3) is 0 Å². The summed E-state index contributed by atoms with van der Waals surface area (Å²) in [5, 5.41) is 12.4. The summed E-state index contributed by atoms with van der Waals surface area (Å²) in [4.78, 5) is 4.94. The van der Waals surface area contributed by atoms with E-state index in [1.54, 1.807) is 6.92 Å². The molecule has 3 heteroatoms. The molecule has 1 rings (SSSR count). The zero-order chi connectivity index (χ0) is 9.52. The number of hydrogen-bond donors (Lipinski definition) is 1. The zero-order valence-electron chi connectivity index (χ0n) is 7.55. The first-order valence-electron chi connectivity index (χ1n) is 4.16. The molecular weight excluding hydrogens is 166 g/mol. The number of aliphatic hydroxyl groups excluding tert-OH is 1. The van der Waals surface area contributed by atoms with Gasteiger partial charge in [0.15, 0.2) is 0 Å².